The van der Waals surface area contributed by atoms with Gasteiger partial charge in [-0.05, 0) is 44.9 Å². The number of pyridine rings is 1. The molecule has 2 rings (SSSR count). The topological polar surface area (TPSA) is 65.5 Å². The number of nitrogens with one attached hydrogen (secondary N) is 1. The summed E-state index contributed by atoms with van der Waals surface area (Å²) in [6.07, 6.45) is 6.45. The first-order chi connectivity index (χ1) is 9.66. The third kappa shape index (κ3) is 4.20. The number of hydrogen-bond donors (Lipinski definition) is 2. The summed E-state index contributed by atoms with van der Waals surface area (Å²) >= 11 is 0. The Morgan fingerprint density at radius 1 is 1.50 bits per heavy atom. The Morgan fingerprint density at radius 3 is 3.00 bits per heavy atom. The predicted octanol–water partition coefficient (Wildman–Crippen LogP) is 2.46. The van der Waals surface area contributed by atoms with Crippen LogP contribution in [-0.2, 0) is 0 Å². The van der Waals surface area contributed by atoms with E-state index in [2.05, 4.69) is 22.1 Å². The van der Waals surface area contributed by atoms with E-state index in [0.717, 1.165) is 25.3 Å². The molecular weight excluding hydrogens is 254 g/mol. The summed E-state index contributed by atoms with van der Waals surface area (Å²) in [6, 6.07) is 3.99. The molecule has 1 atom stereocenters. The number of hydrogen-bond acceptors (Lipinski definition) is 4. The summed E-state index contributed by atoms with van der Waals surface area (Å²) in [5.74, 6) is -0.204. The van der Waals surface area contributed by atoms with Gasteiger partial charge in [-0.3, -0.25) is 0 Å². The summed E-state index contributed by atoms with van der Waals surface area (Å²) < 4.78 is 0. The van der Waals surface area contributed by atoms with Crippen LogP contribution in [0.5, 0.6) is 0 Å². The quantitative estimate of drug-likeness (QED) is 0.782. The molecule has 1 fully saturated rings. The fourth-order valence-electron chi connectivity index (χ4n) is 2.61. The molecule has 0 aromatic carbocycles. The van der Waals surface area contributed by atoms with E-state index in [1.165, 1.54) is 32.0 Å². The monoisotopic (exact) mass is 277 g/mol. The number of aromatic carboxylic acids is 1. The van der Waals surface area contributed by atoms with Gasteiger partial charge < -0.3 is 15.3 Å². The Labute approximate surface area is 120 Å². The summed E-state index contributed by atoms with van der Waals surface area (Å²) in [6.45, 7) is 5.50. The number of carboxylic acid groups (broad SMARTS) is 1. The van der Waals surface area contributed by atoms with Crippen LogP contribution < -0.4 is 5.32 Å². The molecule has 2 heterocycles. The third-order valence-electron chi connectivity index (χ3n) is 3.88. The molecule has 0 bridgehead atoms. The fourth-order valence-corrected chi connectivity index (χ4v) is 2.61. The van der Waals surface area contributed by atoms with Crippen molar-refractivity contribution in [1.29, 1.82) is 0 Å². The highest BCUT2D eigenvalue weighted by molar-refractivity contribution is 5.87. The van der Waals surface area contributed by atoms with E-state index in [-0.39, 0.29) is 5.56 Å². The van der Waals surface area contributed by atoms with E-state index in [1.807, 2.05) is 0 Å². The molecule has 1 aliphatic heterocycles. The summed E-state index contributed by atoms with van der Waals surface area (Å²) in [4.78, 5) is 17.4. The Bertz CT molecular complexity index is 433. The van der Waals surface area contributed by atoms with Gasteiger partial charge >= 0.3 is 5.97 Å². The van der Waals surface area contributed by atoms with Gasteiger partial charge in [-0.15, -0.1) is 0 Å². The average molecular weight is 277 g/mol. The van der Waals surface area contributed by atoms with Crippen LogP contribution in [0, 0.1) is 0 Å². The lowest BCUT2D eigenvalue weighted by Gasteiger charge is -2.33. The van der Waals surface area contributed by atoms with E-state index in [0.29, 0.717) is 6.04 Å². The number of aromatic nitrogens is 1. The summed E-state index contributed by atoms with van der Waals surface area (Å²) in [5.41, 5.74) is 0.220. The number of carbonyl (C=O) groups is 1. The SMILES string of the molecule is CC1CCCCN1CCCNc1ccc(C(=O)O)cn1. The van der Waals surface area contributed by atoms with Crippen LogP contribution in [0.4, 0.5) is 5.82 Å². The highest BCUT2D eigenvalue weighted by Crippen LogP contribution is 2.16. The van der Waals surface area contributed by atoms with Crippen molar-refractivity contribution in [1.82, 2.24) is 9.88 Å². The van der Waals surface area contributed by atoms with E-state index in [1.54, 1.807) is 12.1 Å². The molecule has 5 nitrogen and oxygen atoms in total. The maximum absolute atomic E-state index is 10.7. The standard InChI is InChI=1S/C15H23N3O2/c1-12-5-2-3-9-18(12)10-4-8-16-14-7-6-13(11-17-14)15(19)20/h6-7,11-12H,2-5,8-10H2,1H3,(H,16,17)(H,19,20). The second-order valence-electron chi connectivity index (χ2n) is 5.40. The maximum atomic E-state index is 10.7. The maximum Gasteiger partial charge on any atom is 0.337 e. The van der Waals surface area contributed by atoms with Gasteiger partial charge in [-0.1, -0.05) is 6.42 Å². The van der Waals surface area contributed by atoms with Gasteiger partial charge in [0.25, 0.3) is 0 Å². The van der Waals surface area contributed by atoms with Gasteiger partial charge in [0.05, 0.1) is 5.56 Å². The van der Waals surface area contributed by atoms with E-state index < -0.39 is 5.97 Å². The number of carboxylic acids is 1. The van der Waals surface area contributed by atoms with Gasteiger partial charge in [0, 0.05) is 25.3 Å². The van der Waals surface area contributed by atoms with Crippen molar-refractivity contribution in [2.75, 3.05) is 25.0 Å². The van der Waals surface area contributed by atoms with Crippen LogP contribution in [-0.4, -0.2) is 46.6 Å². The lowest BCUT2D eigenvalue weighted by atomic mass is 10.0. The molecule has 0 radical (unpaired) electrons. The normalized spacial score (nSPS) is 19.8. The van der Waals surface area contributed by atoms with Crippen molar-refractivity contribution in [3.8, 4) is 0 Å². The highest BCUT2D eigenvalue weighted by atomic mass is 16.4. The first-order valence-electron chi connectivity index (χ1n) is 7.34. The number of piperidine rings is 1. The van der Waals surface area contributed by atoms with Crippen LogP contribution in [0.3, 0.4) is 0 Å². The van der Waals surface area contributed by atoms with Crippen LogP contribution in [0.2, 0.25) is 0 Å². The zero-order chi connectivity index (χ0) is 14.4. The minimum atomic E-state index is -0.942. The van der Waals surface area contributed by atoms with Crippen molar-refractivity contribution in [3.05, 3.63) is 23.9 Å². The van der Waals surface area contributed by atoms with Crippen molar-refractivity contribution in [2.45, 2.75) is 38.6 Å². The number of likely N-dealkylation sites (tertiary alicyclic amines) is 1. The van der Waals surface area contributed by atoms with E-state index >= 15 is 0 Å². The molecule has 5 heteroatoms. The van der Waals surface area contributed by atoms with Crippen LogP contribution in [0.25, 0.3) is 0 Å². The molecule has 0 amide bonds. The average Bonchev–Trinajstić information content (AvgIpc) is 2.46. The molecule has 1 aliphatic rings. The number of rotatable bonds is 6. The van der Waals surface area contributed by atoms with Crippen LogP contribution in [0.15, 0.2) is 18.3 Å². The predicted molar refractivity (Wildman–Crippen MR) is 79.2 cm³/mol. The molecule has 0 aliphatic carbocycles. The Morgan fingerprint density at radius 2 is 2.35 bits per heavy atom. The van der Waals surface area contributed by atoms with Crippen LogP contribution >= 0.6 is 0 Å². The van der Waals surface area contributed by atoms with Crippen molar-refractivity contribution >= 4 is 11.8 Å². The Balaban J connectivity index is 1.69. The van der Waals surface area contributed by atoms with Gasteiger partial charge in [0.2, 0.25) is 0 Å². The molecule has 2 N–H and O–H groups in total. The third-order valence-corrected chi connectivity index (χ3v) is 3.88. The molecule has 0 saturated carbocycles. The largest absolute Gasteiger partial charge is 0.478 e. The lowest BCUT2D eigenvalue weighted by Crippen LogP contribution is -2.38. The van der Waals surface area contributed by atoms with Crippen LogP contribution in [0.1, 0.15) is 43.0 Å². The Kier molecular flexibility index (Phi) is 5.35. The zero-order valence-electron chi connectivity index (χ0n) is 12.0. The summed E-state index contributed by atoms with van der Waals surface area (Å²) in [7, 11) is 0. The molecule has 1 saturated heterocycles. The van der Waals surface area contributed by atoms with Gasteiger partial charge in [0.1, 0.15) is 5.82 Å². The number of anilines is 1. The minimum Gasteiger partial charge on any atom is -0.478 e. The summed E-state index contributed by atoms with van der Waals surface area (Å²) in [5, 5.41) is 12.0. The smallest absolute Gasteiger partial charge is 0.337 e. The first-order valence-corrected chi connectivity index (χ1v) is 7.34. The second-order valence-corrected chi connectivity index (χ2v) is 5.40. The fraction of sp³-hybridized carbons (Fsp3) is 0.600. The molecule has 110 valence electrons. The van der Waals surface area contributed by atoms with Gasteiger partial charge in [0.15, 0.2) is 0 Å². The number of nitrogens with zero attached hydrogens (tertiary/aromatic N) is 2. The molecule has 1 unspecified atom stereocenters. The molecule has 1 aromatic rings. The van der Waals surface area contributed by atoms with Gasteiger partial charge in [-0.25, -0.2) is 9.78 Å². The lowest BCUT2D eigenvalue weighted by molar-refractivity contribution is 0.0696. The Hall–Kier alpha value is -1.62. The van der Waals surface area contributed by atoms with E-state index in [4.69, 9.17) is 5.11 Å². The molecule has 1 aromatic heterocycles. The van der Waals surface area contributed by atoms with Crippen molar-refractivity contribution in [2.24, 2.45) is 0 Å². The zero-order valence-corrected chi connectivity index (χ0v) is 12.0. The first kappa shape index (κ1) is 14.8. The van der Waals surface area contributed by atoms with Crippen molar-refractivity contribution in [3.63, 3.8) is 0 Å². The minimum absolute atomic E-state index is 0.220. The van der Waals surface area contributed by atoms with Gasteiger partial charge in [-0.2, -0.15) is 0 Å². The molecular formula is C15H23N3O2. The second kappa shape index (κ2) is 7.24. The highest BCUT2D eigenvalue weighted by Gasteiger charge is 2.16. The van der Waals surface area contributed by atoms with E-state index in [9.17, 15) is 4.79 Å². The van der Waals surface area contributed by atoms with Crippen molar-refractivity contribution < 1.29 is 9.90 Å². The molecule has 0 spiro atoms. The molecule has 20 heavy (non-hydrogen) atoms.